The second-order valence-electron chi connectivity index (χ2n) is 7.75. The fourth-order valence-corrected chi connectivity index (χ4v) is 4.89. The number of nitrogens with zero attached hydrogens (tertiary/aromatic N) is 1. The maximum Gasteiger partial charge on any atom is 0.240 e. The summed E-state index contributed by atoms with van der Waals surface area (Å²) >= 11 is 0. The highest BCUT2D eigenvalue weighted by molar-refractivity contribution is 7.89. The van der Waals surface area contributed by atoms with E-state index in [1.54, 1.807) is 17.0 Å². The predicted molar refractivity (Wildman–Crippen MR) is 117 cm³/mol. The average molecular weight is 430 g/mol. The molecule has 0 fully saturated rings. The third-order valence-corrected chi connectivity index (χ3v) is 6.67. The van der Waals surface area contributed by atoms with E-state index in [0.29, 0.717) is 6.42 Å². The van der Waals surface area contributed by atoms with Crippen LogP contribution in [0.5, 0.6) is 0 Å². The highest BCUT2D eigenvalue weighted by Gasteiger charge is 2.30. The molecule has 1 aliphatic rings. The molecule has 1 aliphatic heterocycles. The molecule has 0 radical (unpaired) electrons. The molecule has 0 saturated carbocycles. The molecule has 0 bridgehead atoms. The number of benzene rings is 2. The Labute approximate surface area is 177 Å². The zero-order valence-electron chi connectivity index (χ0n) is 17.7. The maximum atomic E-state index is 12.6. The van der Waals surface area contributed by atoms with Crippen molar-refractivity contribution >= 4 is 33.2 Å². The van der Waals surface area contributed by atoms with E-state index in [1.165, 1.54) is 13.0 Å². The minimum absolute atomic E-state index is 0.00246. The first-order chi connectivity index (χ1) is 14.1. The number of carbonyl (C=O) groups is 2. The van der Waals surface area contributed by atoms with Gasteiger partial charge in [-0.25, -0.2) is 13.1 Å². The van der Waals surface area contributed by atoms with Gasteiger partial charge in [0.2, 0.25) is 21.8 Å². The summed E-state index contributed by atoms with van der Waals surface area (Å²) in [5.41, 5.74) is 4.36. The van der Waals surface area contributed by atoms with Gasteiger partial charge in [-0.1, -0.05) is 17.7 Å². The molecule has 0 saturated heterocycles. The molecule has 2 aromatic carbocycles. The Morgan fingerprint density at radius 3 is 2.53 bits per heavy atom. The van der Waals surface area contributed by atoms with Gasteiger partial charge >= 0.3 is 0 Å². The van der Waals surface area contributed by atoms with Gasteiger partial charge in [0.25, 0.3) is 0 Å². The van der Waals surface area contributed by atoms with Crippen LogP contribution in [0.1, 0.15) is 37.0 Å². The quantitative estimate of drug-likeness (QED) is 0.738. The molecular weight excluding hydrogens is 402 g/mol. The standard InChI is InChI=1S/C22H27N3O4S/c1-14-5-7-20(15(2)11-14)24-22(27)9-10-23-30(28,29)19-6-8-21-18(13-19)12-16(3)25(21)17(4)26/h5-8,11,13,16,23H,9-10,12H2,1-4H3,(H,24,27). The summed E-state index contributed by atoms with van der Waals surface area (Å²) < 4.78 is 27.8. The highest BCUT2D eigenvalue weighted by atomic mass is 32.2. The monoisotopic (exact) mass is 429 g/mol. The largest absolute Gasteiger partial charge is 0.326 e. The van der Waals surface area contributed by atoms with Gasteiger partial charge in [-0.15, -0.1) is 0 Å². The van der Waals surface area contributed by atoms with Gasteiger partial charge in [-0.3, -0.25) is 9.59 Å². The van der Waals surface area contributed by atoms with Crippen LogP contribution in [0.3, 0.4) is 0 Å². The van der Waals surface area contributed by atoms with Gasteiger partial charge in [-0.05, 0) is 62.6 Å². The van der Waals surface area contributed by atoms with E-state index in [-0.39, 0.29) is 35.7 Å². The van der Waals surface area contributed by atoms with Crippen LogP contribution < -0.4 is 14.9 Å². The van der Waals surface area contributed by atoms with Crippen LogP contribution in [0.15, 0.2) is 41.3 Å². The third kappa shape index (κ3) is 4.71. The maximum absolute atomic E-state index is 12.6. The molecule has 160 valence electrons. The summed E-state index contributed by atoms with van der Waals surface area (Å²) in [5.74, 6) is -0.325. The number of hydrogen-bond donors (Lipinski definition) is 2. The number of rotatable bonds is 6. The van der Waals surface area contributed by atoms with Crippen molar-refractivity contribution in [3.05, 3.63) is 53.1 Å². The molecule has 2 amide bonds. The topological polar surface area (TPSA) is 95.6 Å². The fourth-order valence-electron chi connectivity index (χ4n) is 3.80. The van der Waals surface area contributed by atoms with Crippen molar-refractivity contribution in [3.8, 4) is 0 Å². The van der Waals surface area contributed by atoms with Crippen molar-refractivity contribution in [2.24, 2.45) is 0 Å². The molecule has 3 rings (SSSR count). The van der Waals surface area contributed by atoms with Gasteiger partial charge < -0.3 is 10.2 Å². The molecule has 8 heteroatoms. The average Bonchev–Trinajstić information content (AvgIpc) is 2.99. The van der Waals surface area contributed by atoms with Crippen LogP contribution in [0, 0.1) is 13.8 Å². The highest BCUT2D eigenvalue weighted by Crippen LogP contribution is 2.33. The lowest BCUT2D eigenvalue weighted by Crippen LogP contribution is -2.33. The molecular formula is C22H27N3O4S. The van der Waals surface area contributed by atoms with Gasteiger partial charge in [0.05, 0.1) is 4.90 Å². The van der Waals surface area contributed by atoms with Gasteiger partial charge in [0.15, 0.2) is 0 Å². The van der Waals surface area contributed by atoms with Crippen molar-refractivity contribution in [1.29, 1.82) is 0 Å². The summed E-state index contributed by atoms with van der Waals surface area (Å²) in [6, 6.07) is 10.5. The Morgan fingerprint density at radius 2 is 1.87 bits per heavy atom. The first kappa shape index (κ1) is 22.0. The molecule has 0 aromatic heterocycles. The zero-order valence-corrected chi connectivity index (χ0v) is 18.5. The minimum atomic E-state index is -3.75. The first-order valence-corrected chi connectivity index (χ1v) is 11.4. The van der Waals surface area contributed by atoms with Crippen molar-refractivity contribution in [1.82, 2.24) is 4.72 Å². The number of nitrogens with one attached hydrogen (secondary N) is 2. The third-order valence-electron chi connectivity index (χ3n) is 5.22. The number of hydrogen-bond acceptors (Lipinski definition) is 4. The number of anilines is 2. The second-order valence-corrected chi connectivity index (χ2v) is 9.51. The lowest BCUT2D eigenvalue weighted by atomic mass is 10.1. The first-order valence-electron chi connectivity index (χ1n) is 9.88. The molecule has 7 nitrogen and oxygen atoms in total. The SMILES string of the molecule is CC(=O)N1c2ccc(S(=O)(=O)NCCC(=O)Nc3ccc(C)cc3C)cc2CC1C. The summed E-state index contributed by atoms with van der Waals surface area (Å²) in [6.45, 7) is 7.31. The molecule has 1 unspecified atom stereocenters. The number of sulfonamides is 1. The molecule has 0 spiro atoms. The van der Waals surface area contributed by atoms with Crippen LogP contribution in [-0.4, -0.2) is 32.8 Å². The van der Waals surface area contributed by atoms with E-state index in [1.807, 2.05) is 39.0 Å². The number of fused-ring (bicyclic) bond motifs is 1. The molecule has 0 aliphatic carbocycles. The Bertz CT molecular complexity index is 1100. The van der Waals surface area contributed by atoms with E-state index in [2.05, 4.69) is 10.0 Å². The molecule has 30 heavy (non-hydrogen) atoms. The zero-order chi connectivity index (χ0) is 22.1. The van der Waals surface area contributed by atoms with E-state index in [0.717, 1.165) is 28.1 Å². The second kappa shape index (κ2) is 8.57. The lowest BCUT2D eigenvalue weighted by molar-refractivity contribution is -0.117. The van der Waals surface area contributed by atoms with E-state index < -0.39 is 10.0 Å². The Balaban J connectivity index is 1.61. The van der Waals surface area contributed by atoms with Crippen molar-refractivity contribution < 1.29 is 18.0 Å². The summed E-state index contributed by atoms with van der Waals surface area (Å²) in [5, 5.41) is 2.81. The van der Waals surface area contributed by atoms with Crippen molar-refractivity contribution in [2.75, 3.05) is 16.8 Å². The summed E-state index contributed by atoms with van der Waals surface area (Å²) in [7, 11) is -3.75. The predicted octanol–water partition coefficient (Wildman–Crippen LogP) is 2.91. The molecule has 2 aromatic rings. The van der Waals surface area contributed by atoms with Gasteiger partial charge in [-0.2, -0.15) is 0 Å². The van der Waals surface area contributed by atoms with Crippen LogP contribution in [0.2, 0.25) is 0 Å². The van der Waals surface area contributed by atoms with E-state index in [4.69, 9.17) is 0 Å². The van der Waals surface area contributed by atoms with Crippen LogP contribution in [0.25, 0.3) is 0 Å². The fraction of sp³-hybridized carbons (Fsp3) is 0.364. The lowest BCUT2D eigenvalue weighted by Gasteiger charge is -2.20. The Morgan fingerprint density at radius 1 is 1.13 bits per heavy atom. The van der Waals surface area contributed by atoms with Crippen LogP contribution in [0.4, 0.5) is 11.4 Å². The molecule has 1 atom stereocenters. The van der Waals surface area contributed by atoms with E-state index in [9.17, 15) is 18.0 Å². The van der Waals surface area contributed by atoms with E-state index >= 15 is 0 Å². The summed E-state index contributed by atoms with van der Waals surface area (Å²) in [6.07, 6.45) is 0.628. The van der Waals surface area contributed by atoms with Crippen molar-refractivity contribution in [2.45, 2.75) is 51.5 Å². The number of amides is 2. The number of carbonyl (C=O) groups excluding carboxylic acids is 2. The van der Waals surface area contributed by atoms with Crippen LogP contribution >= 0.6 is 0 Å². The minimum Gasteiger partial charge on any atom is -0.326 e. The molecule has 1 heterocycles. The van der Waals surface area contributed by atoms with Gasteiger partial charge in [0, 0.05) is 37.3 Å². The smallest absolute Gasteiger partial charge is 0.240 e. The number of aryl methyl sites for hydroxylation is 2. The normalized spacial score (nSPS) is 15.7. The Hall–Kier alpha value is -2.71. The van der Waals surface area contributed by atoms with Crippen LogP contribution in [-0.2, 0) is 26.0 Å². The van der Waals surface area contributed by atoms with Crippen molar-refractivity contribution in [3.63, 3.8) is 0 Å². The Kier molecular flexibility index (Phi) is 6.28. The summed E-state index contributed by atoms with van der Waals surface area (Å²) in [4.78, 5) is 25.8. The van der Waals surface area contributed by atoms with Gasteiger partial charge in [0.1, 0.15) is 0 Å². The molecule has 2 N–H and O–H groups in total.